The van der Waals surface area contributed by atoms with E-state index in [0.717, 1.165) is 5.69 Å². The Balaban J connectivity index is 1.59. The molecule has 1 aliphatic rings. The van der Waals surface area contributed by atoms with E-state index in [0.29, 0.717) is 23.0 Å². The molecule has 4 nitrogen and oxygen atoms in total. The van der Waals surface area contributed by atoms with Gasteiger partial charge in [-0.2, -0.15) is 0 Å². The van der Waals surface area contributed by atoms with Gasteiger partial charge in [-0.3, -0.25) is 4.79 Å². The lowest BCUT2D eigenvalue weighted by Crippen LogP contribution is -2.20. The third-order valence-electron chi connectivity index (χ3n) is 4.83. The van der Waals surface area contributed by atoms with Crippen LogP contribution in [0.3, 0.4) is 0 Å². The van der Waals surface area contributed by atoms with E-state index in [-0.39, 0.29) is 5.91 Å². The minimum absolute atomic E-state index is 0.143. The van der Waals surface area contributed by atoms with Crippen LogP contribution < -0.4 is 16.4 Å². The number of benzene rings is 2. The highest BCUT2D eigenvalue weighted by atomic mass is 16.1. The number of nitrogen functional groups attached to an aromatic ring is 1. The topological polar surface area (TPSA) is 67.1 Å². The van der Waals surface area contributed by atoms with Gasteiger partial charge in [0.2, 0.25) is 0 Å². The van der Waals surface area contributed by atoms with E-state index in [1.807, 2.05) is 36.4 Å². The average molecular weight is 337 g/mol. The molecule has 0 unspecified atom stereocenters. The van der Waals surface area contributed by atoms with Crippen LogP contribution in [0.5, 0.6) is 0 Å². The molecule has 0 bridgehead atoms. The summed E-state index contributed by atoms with van der Waals surface area (Å²) in [7, 11) is 0. The molecule has 1 aliphatic carbocycles. The van der Waals surface area contributed by atoms with Gasteiger partial charge < -0.3 is 16.4 Å². The first-order valence-electron chi connectivity index (χ1n) is 9.25. The standard InChI is InChI=1S/C21H27N3O/c22-19-10-6-7-11-20(19)24-21(25)16-12-14-18(15-13-16)23-17-8-4-2-1-3-5-9-17/h6-7,10-15,17,23H,1-5,8-9,22H2,(H,24,25). The highest BCUT2D eigenvalue weighted by Gasteiger charge is 2.12. The Labute approximate surface area is 149 Å². The second-order valence-electron chi connectivity index (χ2n) is 6.81. The maximum Gasteiger partial charge on any atom is 0.255 e. The third kappa shape index (κ3) is 4.99. The van der Waals surface area contributed by atoms with E-state index in [4.69, 9.17) is 5.73 Å². The number of hydrogen-bond donors (Lipinski definition) is 3. The molecule has 0 aliphatic heterocycles. The van der Waals surface area contributed by atoms with Crippen molar-refractivity contribution in [2.45, 2.75) is 51.0 Å². The molecule has 0 aromatic heterocycles. The number of hydrogen-bond acceptors (Lipinski definition) is 3. The zero-order chi connectivity index (χ0) is 17.5. The van der Waals surface area contributed by atoms with Crippen molar-refractivity contribution in [3.63, 3.8) is 0 Å². The summed E-state index contributed by atoms with van der Waals surface area (Å²) >= 11 is 0. The number of amides is 1. The molecule has 0 saturated heterocycles. The SMILES string of the molecule is Nc1ccccc1NC(=O)c1ccc(NC2CCCCCCC2)cc1. The zero-order valence-corrected chi connectivity index (χ0v) is 14.6. The summed E-state index contributed by atoms with van der Waals surface area (Å²) in [4.78, 5) is 12.4. The van der Waals surface area contributed by atoms with Crippen molar-refractivity contribution in [3.8, 4) is 0 Å². The Bertz CT molecular complexity index is 689. The number of nitrogens with one attached hydrogen (secondary N) is 2. The molecule has 4 N–H and O–H groups in total. The minimum Gasteiger partial charge on any atom is -0.397 e. The molecule has 2 aromatic rings. The van der Waals surface area contributed by atoms with E-state index in [2.05, 4.69) is 10.6 Å². The largest absolute Gasteiger partial charge is 0.397 e. The summed E-state index contributed by atoms with van der Waals surface area (Å²) in [5.74, 6) is -0.143. The summed E-state index contributed by atoms with van der Waals surface area (Å²) in [6.45, 7) is 0. The summed E-state index contributed by atoms with van der Waals surface area (Å²) in [5, 5.41) is 6.48. The fourth-order valence-corrected chi connectivity index (χ4v) is 3.36. The van der Waals surface area contributed by atoms with E-state index in [9.17, 15) is 4.79 Å². The van der Waals surface area contributed by atoms with Gasteiger partial charge in [-0.15, -0.1) is 0 Å². The predicted molar refractivity (Wildman–Crippen MR) is 105 cm³/mol. The second-order valence-corrected chi connectivity index (χ2v) is 6.81. The van der Waals surface area contributed by atoms with Crippen LogP contribution >= 0.6 is 0 Å². The van der Waals surface area contributed by atoms with Gasteiger partial charge in [0.15, 0.2) is 0 Å². The van der Waals surface area contributed by atoms with E-state index in [1.165, 1.54) is 44.9 Å². The van der Waals surface area contributed by atoms with Crippen molar-refractivity contribution in [1.82, 2.24) is 0 Å². The molecule has 0 spiro atoms. The first-order chi connectivity index (χ1) is 12.2. The summed E-state index contributed by atoms with van der Waals surface area (Å²) in [6.07, 6.45) is 9.14. The summed E-state index contributed by atoms with van der Waals surface area (Å²) < 4.78 is 0. The molecule has 1 fully saturated rings. The molecule has 0 heterocycles. The lowest BCUT2D eigenvalue weighted by molar-refractivity contribution is 0.102. The maximum absolute atomic E-state index is 12.4. The van der Waals surface area contributed by atoms with Gasteiger partial charge >= 0.3 is 0 Å². The van der Waals surface area contributed by atoms with Crippen LogP contribution in [-0.2, 0) is 0 Å². The maximum atomic E-state index is 12.4. The number of carbonyl (C=O) groups excluding carboxylic acids is 1. The van der Waals surface area contributed by atoms with Crippen molar-refractivity contribution < 1.29 is 4.79 Å². The molecule has 1 amide bonds. The first-order valence-corrected chi connectivity index (χ1v) is 9.25. The smallest absolute Gasteiger partial charge is 0.255 e. The first kappa shape index (κ1) is 17.3. The van der Waals surface area contributed by atoms with Gasteiger partial charge in [0.1, 0.15) is 0 Å². The van der Waals surface area contributed by atoms with Crippen LogP contribution in [0.2, 0.25) is 0 Å². The lowest BCUT2D eigenvalue weighted by Gasteiger charge is -2.22. The van der Waals surface area contributed by atoms with Crippen LogP contribution in [0.25, 0.3) is 0 Å². The van der Waals surface area contributed by atoms with Gasteiger partial charge in [0, 0.05) is 17.3 Å². The fraction of sp³-hybridized carbons (Fsp3) is 0.381. The predicted octanol–water partition coefficient (Wildman–Crippen LogP) is 5.05. The van der Waals surface area contributed by atoms with Crippen molar-refractivity contribution in [1.29, 1.82) is 0 Å². The molecule has 2 aromatic carbocycles. The normalized spacial score (nSPS) is 15.8. The molecule has 3 rings (SSSR count). The number of rotatable bonds is 4. The van der Waals surface area contributed by atoms with Gasteiger partial charge in [0.25, 0.3) is 5.91 Å². The Hall–Kier alpha value is -2.49. The van der Waals surface area contributed by atoms with Gasteiger partial charge in [0.05, 0.1) is 11.4 Å². The van der Waals surface area contributed by atoms with Crippen molar-refractivity contribution >= 4 is 23.0 Å². The van der Waals surface area contributed by atoms with Gasteiger partial charge in [-0.05, 0) is 49.2 Å². The Morgan fingerprint density at radius 1 is 0.880 bits per heavy atom. The Morgan fingerprint density at radius 2 is 1.52 bits per heavy atom. The van der Waals surface area contributed by atoms with Crippen LogP contribution in [0.15, 0.2) is 48.5 Å². The summed E-state index contributed by atoms with van der Waals surface area (Å²) in [6, 6.07) is 15.5. The van der Waals surface area contributed by atoms with Crippen molar-refractivity contribution in [2.75, 3.05) is 16.4 Å². The molecule has 25 heavy (non-hydrogen) atoms. The lowest BCUT2D eigenvalue weighted by atomic mass is 9.96. The monoisotopic (exact) mass is 337 g/mol. The number of nitrogens with two attached hydrogens (primary N) is 1. The summed E-state index contributed by atoms with van der Waals surface area (Å²) in [5.41, 5.74) is 8.80. The van der Waals surface area contributed by atoms with E-state index < -0.39 is 0 Å². The number of para-hydroxylation sites is 2. The third-order valence-corrected chi connectivity index (χ3v) is 4.83. The second kappa shape index (κ2) is 8.56. The fourth-order valence-electron chi connectivity index (χ4n) is 3.36. The molecule has 132 valence electrons. The average Bonchev–Trinajstić information content (AvgIpc) is 2.60. The highest BCUT2D eigenvalue weighted by molar-refractivity contribution is 6.05. The van der Waals surface area contributed by atoms with Crippen LogP contribution in [0.1, 0.15) is 55.3 Å². The quantitative estimate of drug-likeness (QED) is 0.684. The van der Waals surface area contributed by atoms with Crippen molar-refractivity contribution in [2.24, 2.45) is 0 Å². The highest BCUT2D eigenvalue weighted by Crippen LogP contribution is 2.22. The van der Waals surface area contributed by atoms with Crippen LogP contribution in [-0.4, -0.2) is 11.9 Å². The van der Waals surface area contributed by atoms with Crippen LogP contribution in [0.4, 0.5) is 17.1 Å². The number of carbonyl (C=O) groups is 1. The Morgan fingerprint density at radius 3 is 2.20 bits per heavy atom. The number of anilines is 3. The molecule has 0 radical (unpaired) electrons. The van der Waals surface area contributed by atoms with Crippen molar-refractivity contribution in [3.05, 3.63) is 54.1 Å². The molecule has 4 heteroatoms. The molecule has 0 atom stereocenters. The van der Waals surface area contributed by atoms with Crippen LogP contribution in [0, 0.1) is 0 Å². The van der Waals surface area contributed by atoms with Gasteiger partial charge in [-0.1, -0.05) is 44.2 Å². The molecular formula is C21H27N3O. The zero-order valence-electron chi connectivity index (χ0n) is 14.6. The Kier molecular flexibility index (Phi) is 5.94. The molecule has 1 saturated carbocycles. The molecular weight excluding hydrogens is 310 g/mol. The van der Waals surface area contributed by atoms with E-state index in [1.54, 1.807) is 12.1 Å². The van der Waals surface area contributed by atoms with Gasteiger partial charge in [-0.25, -0.2) is 0 Å². The van der Waals surface area contributed by atoms with E-state index >= 15 is 0 Å². The minimum atomic E-state index is -0.143.